The molecule has 4 aromatic carbocycles. The first kappa shape index (κ1) is 26.1. The highest BCUT2D eigenvalue weighted by atomic mass is 127. The molecule has 0 aliphatic rings. The molecule has 0 aliphatic heterocycles. The van der Waals surface area contributed by atoms with Crippen LogP contribution in [-0.4, -0.2) is 23.7 Å². The lowest BCUT2D eigenvalue weighted by atomic mass is 10.1. The van der Waals surface area contributed by atoms with Crippen molar-refractivity contribution in [2.75, 3.05) is 6.61 Å². The monoisotopic (exact) mass is 609 g/mol. The average Bonchev–Trinajstić information content (AvgIpc) is 2.89. The Hall–Kier alpha value is -3.99. The Morgan fingerprint density at radius 1 is 1.05 bits per heavy atom. The number of carbonyl (C=O) groups excluding carboxylic acids is 1. The maximum atomic E-state index is 12.2. The van der Waals surface area contributed by atoms with Gasteiger partial charge in [0, 0.05) is 12.1 Å². The van der Waals surface area contributed by atoms with Gasteiger partial charge in [-0.15, -0.1) is 0 Å². The molecule has 1 N–H and O–H groups in total. The number of carbonyl (C=O) groups is 1. The zero-order valence-electron chi connectivity index (χ0n) is 20.0. The fourth-order valence-electron chi connectivity index (χ4n) is 3.77. The summed E-state index contributed by atoms with van der Waals surface area (Å²) in [6.45, 7) is 2.76. The van der Waals surface area contributed by atoms with E-state index >= 15 is 0 Å². The summed E-state index contributed by atoms with van der Waals surface area (Å²) in [6, 6.07) is 23.9. The van der Waals surface area contributed by atoms with Crippen molar-refractivity contribution in [2.24, 2.45) is 5.10 Å². The van der Waals surface area contributed by atoms with Gasteiger partial charge in [-0.05, 0) is 69.1 Å². The largest absolute Gasteiger partial charge is 0.490 e. The molecule has 37 heavy (non-hydrogen) atoms. The number of nitro benzene ring substituents is 1. The summed E-state index contributed by atoms with van der Waals surface area (Å²) >= 11 is 2.20. The van der Waals surface area contributed by atoms with Gasteiger partial charge in [-0.2, -0.15) is 5.10 Å². The van der Waals surface area contributed by atoms with Crippen LogP contribution in [0.1, 0.15) is 23.6 Å². The fraction of sp³-hybridized carbons (Fsp3) is 0.143. The molecule has 4 rings (SSSR count). The third-order valence-electron chi connectivity index (χ3n) is 5.50. The minimum absolute atomic E-state index is 0.0218. The number of rotatable bonds is 10. The van der Waals surface area contributed by atoms with Gasteiger partial charge in [0.1, 0.15) is 6.61 Å². The molecule has 0 fully saturated rings. The third-order valence-corrected chi connectivity index (χ3v) is 6.30. The van der Waals surface area contributed by atoms with Gasteiger partial charge in [0.05, 0.1) is 27.7 Å². The van der Waals surface area contributed by atoms with Crippen LogP contribution in [0.5, 0.6) is 11.5 Å². The molecule has 4 aromatic rings. The number of fused-ring (bicyclic) bond motifs is 1. The first-order valence-electron chi connectivity index (χ1n) is 11.6. The van der Waals surface area contributed by atoms with Crippen LogP contribution >= 0.6 is 22.6 Å². The van der Waals surface area contributed by atoms with Gasteiger partial charge in [0.25, 0.3) is 5.69 Å². The number of nitrogens with one attached hydrogen (secondary N) is 1. The highest BCUT2D eigenvalue weighted by molar-refractivity contribution is 14.1. The van der Waals surface area contributed by atoms with E-state index < -0.39 is 4.92 Å². The van der Waals surface area contributed by atoms with E-state index in [1.54, 1.807) is 12.1 Å². The van der Waals surface area contributed by atoms with Crippen LogP contribution in [0.3, 0.4) is 0 Å². The van der Waals surface area contributed by atoms with Crippen LogP contribution in [0.15, 0.2) is 84.0 Å². The molecule has 0 atom stereocenters. The first-order valence-corrected chi connectivity index (χ1v) is 12.6. The third kappa shape index (κ3) is 6.82. The van der Waals surface area contributed by atoms with Crippen molar-refractivity contribution < 1.29 is 19.2 Å². The molecule has 0 saturated carbocycles. The van der Waals surface area contributed by atoms with Crippen LogP contribution in [0.4, 0.5) is 5.69 Å². The fourth-order valence-corrected chi connectivity index (χ4v) is 4.55. The Kier molecular flexibility index (Phi) is 8.68. The van der Waals surface area contributed by atoms with Gasteiger partial charge in [0.15, 0.2) is 11.5 Å². The lowest BCUT2D eigenvalue weighted by Crippen LogP contribution is -2.19. The number of amides is 1. The number of nitrogens with zero attached hydrogens (tertiary/aromatic N) is 2. The summed E-state index contributed by atoms with van der Waals surface area (Å²) < 4.78 is 12.9. The predicted molar refractivity (Wildman–Crippen MR) is 151 cm³/mol. The van der Waals surface area contributed by atoms with Crippen molar-refractivity contribution in [1.29, 1.82) is 0 Å². The van der Waals surface area contributed by atoms with Crippen molar-refractivity contribution in [3.63, 3.8) is 0 Å². The number of benzene rings is 4. The molecular weight excluding hydrogens is 585 g/mol. The molecule has 0 aromatic heterocycles. The van der Waals surface area contributed by atoms with Crippen molar-refractivity contribution in [2.45, 2.75) is 20.0 Å². The molecule has 0 heterocycles. The summed E-state index contributed by atoms with van der Waals surface area (Å²) in [7, 11) is 0. The van der Waals surface area contributed by atoms with Gasteiger partial charge in [-0.25, -0.2) is 5.43 Å². The lowest BCUT2D eigenvalue weighted by molar-refractivity contribution is -0.384. The normalized spacial score (nSPS) is 11.0. The quantitative estimate of drug-likeness (QED) is 0.103. The first-order chi connectivity index (χ1) is 17.9. The van der Waals surface area contributed by atoms with Gasteiger partial charge >= 0.3 is 0 Å². The molecule has 0 bridgehead atoms. The van der Waals surface area contributed by atoms with Gasteiger partial charge in [-0.1, -0.05) is 54.6 Å². The van der Waals surface area contributed by atoms with Gasteiger partial charge in [-0.3, -0.25) is 14.9 Å². The lowest BCUT2D eigenvalue weighted by Gasteiger charge is -2.15. The Bertz CT molecular complexity index is 1450. The maximum Gasteiger partial charge on any atom is 0.269 e. The van der Waals surface area contributed by atoms with Crippen LogP contribution in [0, 0.1) is 13.7 Å². The Morgan fingerprint density at radius 2 is 1.81 bits per heavy atom. The topological polar surface area (TPSA) is 103 Å². The summed E-state index contributed by atoms with van der Waals surface area (Å²) in [5.41, 5.74) is 4.94. The minimum atomic E-state index is -0.480. The molecule has 0 spiro atoms. The number of ether oxygens (including phenoxy) is 2. The molecule has 0 radical (unpaired) electrons. The molecule has 188 valence electrons. The average molecular weight is 609 g/mol. The second-order valence-electron chi connectivity index (χ2n) is 8.08. The molecule has 8 nitrogen and oxygen atoms in total. The van der Waals surface area contributed by atoms with Gasteiger partial charge < -0.3 is 9.47 Å². The zero-order valence-corrected chi connectivity index (χ0v) is 22.2. The van der Waals surface area contributed by atoms with E-state index in [4.69, 9.17) is 9.47 Å². The molecule has 0 unspecified atom stereocenters. The summed E-state index contributed by atoms with van der Waals surface area (Å²) in [5.74, 6) is 0.905. The molecule has 0 saturated heterocycles. The Labute approximate surface area is 227 Å². The standard InChI is InChI=1S/C28H24IN3O5/c1-2-36-26-15-20(17-30-31-27(33)16-19-10-12-23(13-11-19)32(34)35)14-25(29)28(26)37-18-22-8-5-7-21-6-3-4-9-24(21)22/h3-15,17H,2,16,18H2,1H3,(H,31,33)/b30-17-. The number of hydrogen-bond acceptors (Lipinski definition) is 6. The second kappa shape index (κ2) is 12.3. The molecule has 9 heteroatoms. The Morgan fingerprint density at radius 3 is 2.57 bits per heavy atom. The van der Waals surface area contributed by atoms with E-state index in [1.807, 2.05) is 37.3 Å². The van der Waals surface area contributed by atoms with E-state index in [0.29, 0.717) is 30.3 Å². The van der Waals surface area contributed by atoms with E-state index in [9.17, 15) is 14.9 Å². The zero-order chi connectivity index (χ0) is 26.2. The van der Waals surface area contributed by atoms with E-state index in [1.165, 1.54) is 18.3 Å². The molecular formula is C28H24IN3O5. The number of halogens is 1. The SMILES string of the molecule is CCOc1cc(/C=N\NC(=O)Cc2ccc([N+](=O)[O-])cc2)cc(I)c1OCc1cccc2ccccc12. The molecule has 0 aliphatic carbocycles. The van der Waals surface area contributed by atoms with Gasteiger partial charge in [0.2, 0.25) is 5.91 Å². The maximum absolute atomic E-state index is 12.2. The summed E-state index contributed by atoms with van der Waals surface area (Å²) in [5, 5.41) is 17.1. The van der Waals surface area contributed by atoms with Crippen LogP contribution in [-0.2, 0) is 17.8 Å². The van der Waals surface area contributed by atoms with Crippen molar-refractivity contribution in [1.82, 2.24) is 5.43 Å². The summed E-state index contributed by atoms with van der Waals surface area (Å²) in [6.07, 6.45) is 1.59. The number of hydrazone groups is 1. The van der Waals surface area contributed by atoms with Crippen LogP contribution < -0.4 is 14.9 Å². The number of nitro groups is 1. The van der Waals surface area contributed by atoms with Crippen molar-refractivity contribution in [3.8, 4) is 11.5 Å². The van der Waals surface area contributed by atoms with Crippen molar-refractivity contribution >= 4 is 51.2 Å². The smallest absolute Gasteiger partial charge is 0.269 e. The highest BCUT2D eigenvalue weighted by Crippen LogP contribution is 2.35. The van der Waals surface area contributed by atoms with E-state index in [0.717, 1.165) is 25.5 Å². The summed E-state index contributed by atoms with van der Waals surface area (Å²) in [4.78, 5) is 22.5. The van der Waals surface area contributed by atoms with Crippen LogP contribution in [0.25, 0.3) is 10.8 Å². The van der Waals surface area contributed by atoms with Crippen LogP contribution in [0.2, 0.25) is 0 Å². The van der Waals surface area contributed by atoms with Crippen molar-refractivity contribution in [3.05, 3.63) is 109 Å². The number of hydrogen-bond donors (Lipinski definition) is 1. The predicted octanol–water partition coefficient (Wildman–Crippen LogP) is 6.02. The Balaban J connectivity index is 1.43. The minimum Gasteiger partial charge on any atom is -0.490 e. The van der Waals surface area contributed by atoms with E-state index in [2.05, 4.69) is 57.4 Å². The molecule has 1 amide bonds. The number of non-ortho nitro benzene ring substituents is 1. The second-order valence-corrected chi connectivity index (χ2v) is 9.25. The van der Waals surface area contributed by atoms with E-state index in [-0.39, 0.29) is 18.0 Å². The highest BCUT2D eigenvalue weighted by Gasteiger charge is 2.13.